The first-order valence-corrected chi connectivity index (χ1v) is 11.7. The zero-order valence-corrected chi connectivity index (χ0v) is 21.2. The second-order valence-corrected chi connectivity index (χ2v) is 8.69. The highest BCUT2D eigenvalue weighted by Crippen LogP contribution is 2.30. The quantitative estimate of drug-likeness (QED) is 0.431. The summed E-state index contributed by atoms with van der Waals surface area (Å²) < 4.78 is 34.9. The van der Waals surface area contributed by atoms with Gasteiger partial charge in [-0.1, -0.05) is 0 Å². The van der Waals surface area contributed by atoms with Gasteiger partial charge in [0.15, 0.2) is 17.4 Å². The molecule has 4 rings (SSSR count). The number of ether oxygens (including phenoxy) is 1. The van der Waals surface area contributed by atoms with E-state index in [4.69, 9.17) is 20.4 Å². The molecule has 10 nitrogen and oxygen atoms in total. The number of benzene rings is 2. The Labute approximate surface area is 218 Å². The molecule has 12 heteroatoms. The maximum Gasteiger partial charge on any atom is 0.291 e. The molecule has 2 amide bonds. The topological polar surface area (TPSA) is 140 Å². The number of aromatic nitrogens is 2. The van der Waals surface area contributed by atoms with Crippen molar-refractivity contribution in [3.05, 3.63) is 65.1 Å². The van der Waals surface area contributed by atoms with E-state index in [0.717, 1.165) is 18.4 Å². The van der Waals surface area contributed by atoms with Crippen molar-refractivity contribution in [1.29, 1.82) is 0 Å². The summed E-state index contributed by atoms with van der Waals surface area (Å²) >= 11 is 0. The number of hydrogen-bond donors (Lipinski definition) is 3. The van der Waals surface area contributed by atoms with Gasteiger partial charge in [0, 0.05) is 43.0 Å². The fourth-order valence-corrected chi connectivity index (χ4v) is 4.20. The van der Waals surface area contributed by atoms with E-state index < -0.39 is 17.5 Å². The predicted octanol–water partition coefficient (Wildman–Crippen LogP) is 3.20. The molecule has 4 N–H and O–H groups in total. The second-order valence-electron chi connectivity index (χ2n) is 8.69. The molecule has 3 aromatic rings. The molecule has 1 aromatic heterocycles. The van der Waals surface area contributed by atoms with Crippen LogP contribution in [0.5, 0.6) is 5.75 Å². The maximum absolute atomic E-state index is 14.5. The summed E-state index contributed by atoms with van der Waals surface area (Å²) in [6, 6.07) is 7.85. The lowest BCUT2D eigenvalue weighted by Crippen LogP contribution is -2.43. The number of aryl methyl sites for hydroxylation is 1. The lowest BCUT2D eigenvalue weighted by atomic mass is 10.0. The number of halogens is 2. The molecule has 0 unspecified atom stereocenters. The first-order chi connectivity index (χ1) is 18.1. The van der Waals surface area contributed by atoms with Gasteiger partial charge < -0.3 is 30.4 Å². The molecule has 1 saturated heterocycles. The van der Waals surface area contributed by atoms with Gasteiger partial charge in [-0.25, -0.2) is 9.37 Å². The zero-order valence-electron chi connectivity index (χ0n) is 21.2. The summed E-state index contributed by atoms with van der Waals surface area (Å²) in [6.07, 6.45) is 2.85. The van der Waals surface area contributed by atoms with Crippen molar-refractivity contribution in [1.82, 2.24) is 14.5 Å². The summed E-state index contributed by atoms with van der Waals surface area (Å²) in [5.74, 6) is -3.00. The van der Waals surface area contributed by atoms with Gasteiger partial charge in [0.2, 0.25) is 5.82 Å². The van der Waals surface area contributed by atoms with Crippen molar-refractivity contribution >= 4 is 24.0 Å². The van der Waals surface area contributed by atoms with Crippen LogP contribution in [-0.4, -0.2) is 64.1 Å². The van der Waals surface area contributed by atoms with Gasteiger partial charge >= 0.3 is 0 Å². The summed E-state index contributed by atoms with van der Waals surface area (Å²) in [4.78, 5) is 40.0. The lowest BCUT2D eigenvalue weighted by Gasteiger charge is -2.30. The summed E-state index contributed by atoms with van der Waals surface area (Å²) in [5, 5.41) is 9.64. The van der Waals surface area contributed by atoms with Gasteiger partial charge in [0.25, 0.3) is 18.3 Å². The normalized spacial score (nSPS) is 13.4. The van der Waals surface area contributed by atoms with E-state index in [-0.39, 0.29) is 41.3 Å². The van der Waals surface area contributed by atoms with Crippen LogP contribution >= 0.6 is 0 Å². The zero-order chi connectivity index (χ0) is 28.0. The third kappa shape index (κ3) is 5.97. The molecule has 2 heterocycles. The minimum atomic E-state index is -1.12. The molecule has 1 aliphatic rings. The largest absolute Gasteiger partial charge is 0.494 e. The number of carbonyl (C=O) groups excluding carboxylic acids is 2. The Balaban J connectivity index is 0.00000127. The Bertz CT molecular complexity index is 1340. The SMILES string of the molecule is COc1ccc(-c2cnc(C(=O)Nc3ccc(C(=O)N4CCC(N)CC4)c(C)c3)n2C)c(F)c1F.O=CO. The van der Waals surface area contributed by atoms with Crippen molar-refractivity contribution in [2.75, 3.05) is 25.5 Å². The molecule has 0 bridgehead atoms. The molecule has 1 fully saturated rings. The van der Waals surface area contributed by atoms with E-state index >= 15 is 0 Å². The van der Waals surface area contributed by atoms with Gasteiger partial charge in [-0.2, -0.15) is 4.39 Å². The average molecular weight is 530 g/mol. The Morgan fingerprint density at radius 3 is 2.45 bits per heavy atom. The highest BCUT2D eigenvalue weighted by Gasteiger charge is 2.24. The molecule has 0 aliphatic carbocycles. The molecule has 202 valence electrons. The minimum absolute atomic E-state index is 0.0121. The van der Waals surface area contributed by atoms with Crippen molar-refractivity contribution in [2.24, 2.45) is 12.8 Å². The highest BCUT2D eigenvalue weighted by molar-refractivity contribution is 6.03. The molecule has 0 spiro atoms. The number of nitrogens with one attached hydrogen (secondary N) is 1. The van der Waals surface area contributed by atoms with Crippen LogP contribution in [0.1, 0.15) is 39.4 Å². The van der Waals surface area contributed by atoms with Crippen LogP contribution in [0.15, 0.2) is 36.5 Å². The lowest BCUT2D eigenvalue weighted by molar-refractivity contribution is -0.122. The molecule has 0 radical (unpaired) electrons. The van der Waals surface area contributed by atoms with E-state index in [2.05, 4.69) is 10.3 Å². The van der Waals surface area contributed by atoms with Gasteiger partial charge in [0.05, 0.1) is 19.0 Å². The van der Waals surface area contributed by atoms with Crippen LogP contribution in [0, 0.1) is 18.6 Å². The number of nitrogens with two attached hydrogens (primary N) is 1. The van der Waals surface area contributed by atoms with Crippen LogP contribution in [-0.2, 0) is 11.8 Å². The molecule has 1 aliphatic heterocycles. The van der Waals surface area contributed by atoms with Crippen LogP contribution in [0.2, 0.25) is 0 Å². The van der Waals surface area contributed by atoms with Crippen LogP contribution in [0.25, 0.3) is 11.3 Å². The smallest absolute Gasteiger partial charge is 0.291 e. The highest BCUT2D eigenvalue weighted by atomic mass is 19.2. The number of methoxy groups -OCH3 is 1. The van der Waals surface area contributed by atoms with E-state index in [9.17, 15) is 18.4 Å². The second kappa shape index (κ2) is 12.3. The van der Waals surface area contributed by atoms with Crippen LogP contribution < -0.4 is 15.8 Å². The number of anilines is 1. The molecule has 0 atom stereocenters. The molecular weight excluding hydrogens is 500 g/mol. The van der Waals surface area contributed by atoms with E-state index in [0.29, 0.717) is 24.3 Å². The van der Waals surface area contributed by atoms with Gasteiger partial charge in [-0.15, -0.1) is 0 Å². The number of imidazole rings is 1. The Morgan fingerprint density at radius 1 is 1.18 bits per heavy atom. The number of carboxylic acid groups (broad SMARTS) is 1. The van der Waals surface area contributed by atoms with E-state index in [1.54, 1.807) is 30.0 Å². The number of carbonyl (C=O) groups is 3. The van der Waals surface area contributed by atoms with Gasteiger partial charge in [-0.3, -0.25) is 14.4 Å². The third-order valence-corrected chi connectivity index (χ3v) is 6.28. The number of likely N-dealkylation sites (tertiary alicyclic amines) is 1. The monoisotopic (exact) mass is 529 g/mol. The number of rotatable bonds is 5. The maximum atomic E-state index is 14.5. The Morgan fingerprint density at radius 2 is 1.84 bits per heavy atom. The van der Waals surface area contributed by atoms with Gasteiger partial charge in [-0.05, 0) is 55.7 Å². The summed E-state index contributed by atoms with van der Waals surface area (Å²) in [6.45, 7) is 2.80. The standard InChI is InChI=1S/C25H27F2N5O3.CH2O2/c1-14-12-16(4-5-17(14)25(34)32-10-8-15(28)9-11-32)30-24(33)23-29-13-19(31(23)2)18-6-7-20(35-3)22(27)21(18)26;2-1-3/h4-7,12-13,15H,8-11,28H2,1-3H3,(H,30,33);1H,(H,2,3). The summed E-state index contributed by atoms with van der Waals surface area (Å²) in [7, 11) is 2.79. The number of nitrogens with zero attached hydrogens (tertiary/aromatic N) is 3. The molecule has 38 heavy (non-hydrogen) atoms. The van der Waals surface area contributed by atoms with Gasteiger partial charge in [0.1, 0.15) is 0 Å². The fourth-order valence-electron chi connectivity index (χ4n) is 4.20. The van der Waals surface area contributed by atoms with Crippen molar-refractivity contribution < 1.29 is 33.0 Å². The molecular formula is C26H29F2N5O5. The van der Waals surface area contributed by atoms with E-state index in [1.165, 1.54) is 37.1 Å². The number of piperidine rings is 1. The minimum Gasteiger partial charge on any atom is -0.494 e. The Hall–Kier alpha value is -4.32. The van der Waals surface area contributed by atoms with E-state index in [1.807, 2.05) is 0 Å². The van der Waals surface area contributed by atoms with Crippen molar-refractivity contribution in [3.63, 3.8) is 0 Å². The van der Waals surface area contributed by atoms with Crippen LogP contribution in [0.3, 0.4) is 0 Å². The number of amides is 2. The first kappa shape index (κ1) is 28.3. The predicted molar refractivity (Wildman–Crippen MR) is 136 cm³/mol. The molecule has 2 aromatic carbocycles. The first-order valence-electron chi connectivity index (χ1n) is 11.7. The summed E-state index contributed by atoms with van der Waals surface area (Å²) in [5.41, 5.74) is 7.88. The van der Waals surface area contributed by atoms with Crippen molar-refractivity contribution in [2.45, 2.75) is 25.8 Å². The third-order valence-electron chi connectivity index (χ3n) is 6.28. The average Bonchev–Trinajstić information content (AvgIpc) is 3.27. The fraction of sp³-hybridized carbons (Fsp3) is 0.308. The molecule has 0 saturated carbocycles. The Kier molecular flexibility index (Phi) is 9.13. The van der Waals surface area contributed by atoms with Crippen molar-refractivity contribution in [3.8, 4) is 17.0 Å². The number of hydrogen-bond acceptors (Lipinski definition) is 6. The van der Waals surface area contributed by atoms with Crippen LogP contribution in [0.4, 0.5) is 14.5 Å².